The van der Waals surface area contributed by atoms with E-state index in [-0.39, 0.29) is 0 Å². The number of benzene rings is 3. The predicted octanol–water partition coefficient (Wildman–Crippen LogP) is 5.65. The summed E-state index contributed by atoms with van der Waals surface area (Å²) >= 11 is 0. The van der Waals surface area contributed by atoms with Gasteiger partial charge in [0.15, 0.2) is 0 Å². The van der Waals surface area contributed by atoms with Gasteiger partial charge in [0.25, 0.3) is 0 Å². The number of hydrogen-bond acceptors (Lipinski definition) is 7. The summed E-state index contributed by atoms with van der Waals surface area (Å²) in [5, 5.41) is 16.9. The molecule has 0 spiro atoms. The number of anilines is 4. The summed E-state index contributed by atoms with van der Waals surface area (Å²) in [5.74, 6) is 2.80. The summed E-state index contributed by atoms with van der Waals surface area (Å²) in [7, 11) is 0. The van der Waals surface area contributed by atoms with Gasteiger partial charge in [-0.05, 0) is 72.8 Å². The number of aliphatic hydroxyl groups excluding tert-OH is 1. The van der Waals surface area contributed by atoms with Crippen LogP contribution in [0.15, 0.2) is 103 Å². The molecule has 1 heterocycles. The molecule has 0 fully saturated rings. The molecule has 33 heavy (non-hydrogen) atoms. The van der Waals surface area contributed by atoms with Crippen molar-refractivity contribution in [1.29, 1.82) is 0 Å². The first-order chi connectivity index (χ1) is 16.1. The molecule has 3 aromatic carbocycles. The monoisotopic (exact) mass is 439 g/mol. The zero-order chi connectivity index (χ0) is 23.0. The van der Waals surface area contributed by atoms with Crippen LogP contribution < -0.4 is 21.1 Å². The maximum atomic E-state index is 10.4. The fraction of sp³-hybridized carbons (Fsp3) is 0.0769. The van der Waals surface area contributed by atoms with Gasteiger partial charge in [-0.2, -0.15) is 0 Å². The summed E-state index contributed by atoms with van der Waals surface area (Å²) in [5.41, 5.74) is 8.61. The molecule has 0 saturated heterocycles. The van der Waals surface area contributed by atoms with E-state index in [1.54, 1.807) is 6.92 Å². The second-order valence-electron chi connectivity index (χ2n) is 7.42. The number of para-hydroxylation sites is 1. The highest BCUT2D eigenvalue weighted by atomic mass is 16.5. The van der Waals surface area contributed by atoms with Crippen LogP contribution in [-0.2, 0) is 0 Å². The van der Waals surface area contributed by atoms with Crippen molar-refractivity contribution in [2.24, 2.45) is 5.73 Å². The smallest absolute Gasteiger partial charge is 0.135 e. The number of nitrogens with one attached hydrogen (secondary N) is 2. The molecule has 7 heteroatoms. The van der Waals surface area contributed by atoms with Crippen LogP contribution in [-0.4, -0.2) is 15.1 Å². The molecule has 1 aromatic heterocycles. The predicted molar refractivity (Wildman–Crippen MR) is 131 cm³/mol. The standard InChI is InChI=1S/C26H25N5O2/c1-18(16-27)26(32)19-6-5-7-21(14-19)31-25-15-24(28-17-29-25)30-20-10-12-23(13-11-20)33-22-8-3-2-4-9-22/h2-17,26,32H,27H2,1H3,(H2,28,29,30,31). The van der Waals surface area contributed by atoms with E-state index in [2.05, 4.69) is 20.6 Å². The average molecular weight is 440 g/mol. The molecule has 0 aliphatic carbocycles. The van der Waals surface area contributed by atoms with Crippen molar-refractivity contribution >= 4 is 23.0 Å². The molecular formula is C26H25N5O2. The van der Waals surface area contributed by atoms with Gasteiger partial charge in [0, 0.05) is 17.4 Å². The summed E-state index contributed by atoms with van der Waals surface area (Å²) in [6.07, 6.45) is 2.14. The Morgan fingerprint density at radius 1 is 0.848 bits per heavy atom. The summed E-state index contributed by atoms with van der Waals surface area (Å²) in [6.45, 7) is 1.79. The average Bonchev–Trinajstić information content (AvgIpc) is 2.85. The topological polar surface area (TPSA) is 105 Å². The molecule has 1 unspecified atom stereocenters. The number of hydrogen-bond donors (Lipinski definition) is 4. The Labute approximate surface area is 192 Å². The summed E-state index contributed by atoms with van der Waals surface area (Å²) < 4.78 is 5.83. The highest BCUT2D eigenvalue weighted by Crippen LogP contribution is 2.26. The molecule has 0 amide bonds. The fourth-order valence-electron chi connectivity index (χ4n) is 3.16. The molecule has 0 aliphatic rings. The number of nitrogens with zero attached hydrogens (tertiary/aromatic N) is 2. The van der Waals surface area contributed by atoms with E-state index >= 15 is 0 Å². The van der Waals surface area contributed by atoms with E-state index in [4.69, 9.17) is 10.5 Å². The lowest BCUT2D eigenvalue weighted by atomic mass is 10.0. The minimum absolute atomic E-state index is 0.620. The summed E-state index contributed by atoms with van der Waals surface area (Å²) in [6, 6.07) is 26.6. The normalized spacial score (nSPS) is 12.1. The van der Waals surface area contributed by atoms with Crippen molar-refractivity contribution in [1.82, 2.24) is 9.97 Å². The van der Waals surface area contributed by atoms with Gasteiger partial charge in [-0.15, -0.1) is 0 Å². The molecule has 166 valence electrons. The second-order valence-corrected chi connectivity index (χ2v) is 7.42. The third-order valence-electron chi connectivity index (χ3n) is 4.94. The Morgan fingerprint density at radius 3 is 2.21 bits per heavy atom. The molecule has 0 radical (unpaired) electrons. The minimum atomic E-state index is -0.756. The van der Waals surface area contributed by atoms with Crippen LogP contribution >= 0.6 is 0 Å². The maximum absolute atomic E-state index is 10.4. The van der Waals surface area contributed by atoms with Gasteiger partial charge in [-0.3, -0.25) is 0 Å². The van der Waals surface area contributed by atoms with Gasteiger partial charge < -0.3 is 26.2 Å². The third kappa shape index (κ3) is 5.87. The van der Waals surface area contributed by atoms with Crippen molar-refractivity contribution < 1.29 is 9.84 Å². The molecular weight excluding hydrogens is 414 g/mol. The summed E-state index contributed by atoms with van der Waals surface area (Å²) in [4.78, 5) is 8.58. The van der Waals surface area contributed by atoms with Gasteiger partial charge >= 0.3 is 0 Å². The Kier molecular flexibility index (Phi) is 6.82. The first-order valence-corrected chi connectivity index (χ1v) is 10.5. The number of aliphatic hydroxyl groups is 1. The van der Waals surface area contributed by atoms with Gasteiger partial charge in [0.2, 0.25) is 0 Å². The number of nitrogens with two attached hydrogens (primary N) is 1. The van der Waals surface area contributed by atoms with Gasteiger partial charge in [-0.1, -0.05) is 30.3 Å². The molecule has 0 saturated carbocycles. The van der Waals surface area contributed by atoms with Gasteiger partial charge in [0.05, 0.1) is 0 Å². The van der Waals surface area contributed by atoms with Gasteiger partial charge in [-0.25, -0.2) is 9.97 Å². The van der Waals surface area contributed by atoms with Gasteiger partial charge in [0.1, 0.15) is 35.6 Å². The van der Waals surface area contributed by atoms with Crippen LogP contribution in [0.5, 0.6) is 11.5 Å². The van der Waals surface area contributed by atoms with Crippen molar-refractivity contribution in [3.05, 3.63) is 109 Å². The van der Waals surface area contributed by atoms with E-state index in [9.17, 15) is 5.11 Å². The van der Waals surface area contributed by atoms with E-state index < -0.39 is 6.10 Å². The maximum Gasteiger partial charge on any atom is 0.135 e. The molecule has 5 N–H and O–H groups in total. The van der Waals surface area contributed by atoms with Crippen molar-refractivity contribution in [2.45, 2.75) is 13.0 Å². The lowest BCUT2D eigenvalue weighted by molar-refractivity contribution is 0.215. The van der Waals surface area contributed by atoms with Crippen molar-refractivity contribution in [3.8, 4) is 11.5 Å². The zero-order valence-electron chi connectivity index (χ0n) is 18.1. The van der Waals surface area contributed by atoms with E-state index in [1.165, 1.54) is 12.5 Å². The SMILES string of the molecule is CC(=CN)C(O)c1cccc(Nc2cc(Nc3ccc(Oc4ccccc4)cc3)ncn2)c1. The molecule has 7 nitrogen and oxygen atoms in total. The molecule has 0 bridgehead atoms. The fourth-order valence-corrected chi connectivity index (χ4v) is 3.16. The Hall–Kier alpha value is -4.36. The van der Waals surface area contributed by atoms with Crippen LogP contribution in [0.25, 0.3) is 0 Å². The first kappa shape index (κ1) is 21.9. The lowest BCUT2D eigenvalue weighted by Crippen LogP contribution is -2.02. The third-order valence-corrected chi connectivity index (χ3v) is 4.94. The Morgan fingerprint density at radius 2 is 1.52 bits per heavy atom. The van der Waals surface area contributed by atoms with Crippen LogP contribution in [0.1, 0.15) is 18.6 Å². The largest absolute Gasteiger partial charge is 0.457 e. The minimum Gasteiger partial charge on any atom is -0.457 e. The van der Waals surface area contributed by atoms with Crippen LogP contribution in [0.2, 0.25) is 0 Å². The molecule has 4 aromatic rings. The van der Waals surface area contributed by atoms with Crippen LogP contribution in [0.4, 0.5) is 23.0 Å². The van der Waals surface area contributed by atoms with E-state index in [1.807, 2.05) is 84.9 Å². The Bertz CT molecular complexity index is 1230. The van der Waals surface area contributed by atoms with Crippen LogP contribution in [0.3, 0.4) is 0 Å². The van der Waals surface area contributed by atoms with E-state index in [0.717, 1.165) is 28.4 Å². The van der Waals surface area contributed by atoms with E-state index in [0.29, 0.717) is 17.2 Å². The lowest BCUT2D eigenvalue weighted by Gasteiger charge is -2.14. The molecule has 0 aliphatic heterocycles. The number of ether oxygens (including phenoxy) is 1. The van der Waals surface area contributed by atoms with Crippen molar-refractivity contribution in [2.75, 3.05) is 10.6 Å². The second kappa shape index (κ2) is 10.3. The number of aromatic nitrogens is 2. The molecule has 1 atom stereocenters. The Balaban J connectivity index is 1.42. The van der Waals surface area contributed by atoms with Crippen molar-refractivity contribution in [3.63, 3.8) is 0 Å². The highest BCUT2D eigenvalue weighted by molar-refractivity contribution is 5.63. The molecule has 4 rings (SSSR count). The quantitative estimate of drug-likeness (QED) is 0.281. The number of rotatable bonds is 8. The zero-order valence-corrected chi connectivity index (χ0v) is 18.1. The van der Waals surface area contributed by atoms with Crippen LogP contribution in [0, 0.1) is 0 Å². The highest BCUT2D eigenvalue weighted by Gasteiger charge is 2.10. The first-order valence-electron chi connectivity index (χ1n) is 10.5.